The van der Waals surface area contributed by atoms with Crippen LogP contribution in [0.1, 0.15) is 7.43 Å². The molecule has 0 fully saturated rings. The molecule has 0 aliphatic rings. The molecule has 0 unspecified atom stereocenters. The molecule has 1 radical (unpaired) electrons. The summed E-state index contributed by atoms with van der Waals surface area (Å²) >= 11 is 17.9. The van der Waals surface area contributed by atoms with Crippen LogP contribution in [0.4, 0.5) is 0 Å². The first-order valence-corrected chi connectivity index (χ1v) is 21.5. The van der Waals surface area contributed by atoms with Crippen LogP contribution in [-0.2, 0) is 0 Å². The molecule has 0 saturated heterocycles. The third-order valence-corrected chi connectivity index (χ3v) is 10.3. The van der Waals surface area contributed by atoms with Crippen LogP contribution in [0.3, 0.4) is 0 Å². The fourth-order valence-corrected chi connectivity index (χ4v) is 7.15. The Morgan fingerprint density at radius 3 is 1.16 bits per heavy atom. The molecule has 0 spiro atoms. The van der Waals surface area contributed by atoms with Gasteiger partial charge in [-0.25, -0.2) is 4.98 Å². The van der Waals surface area contributed by atoms with Gasteiger partial charge >= 0.3 is 7.69 Å². The topological polar surface area (TPSA) is 133 Å². The summed E-state index contributed by atoms with van der Waals surface area (Å²) in [6.07, 6.45) is 3.53. The number of rotatable bonds is 9. The van der Waals surface area contributed by atoms with E-state index < -0.39 is 0 Å². The number of halogens is 3. The second-order valence-electron chi connectivity index (χ2n) is 14.1. The third-order valence-electron chi connectivity index (χ3n) is 9.75. The van der Waals surface area contributed by atoms with Crippen LogP contribution >= 0.6 is 34.8 Å². The Balaban J connectivity index is 0.000000160. The SMILES string of the molecule is C.Clc1nc(-c2ccc(-c3ccccn3)cc2)nc(-c2cccc(-c3ccccc3)c2)n1.Clc1nc(Cl)nc(-c2cccc(-c3ccccc3)c2)n1.O[B]Oc1ccc(-c2ccccn2)cc1. The van der Waals surface area contributed by atoms with Gasteiger partial charge in [0, 0.05) is 40.2 Å². The smallest absolute Gasteiger partial charge is 0.537 e. The van der Waals surface area contributed by atoms with Crippen molar-refractivity contribution in [2.24, 2.45) is 0 Å². The van der Waals surface area contributed by atoms with Gasteiger partial charge in [0.05, 0.1) is 11.4 Å². The van der Waals surface area contributed by atoms with E-state index in [2.05, 4.69) is 64.1 Å². The predicted molar refractivity (Wildman–Crippen MR) is 270 cm³/mol. The van der Waals surface area contributed by atoms with Gasteiger partial charge in [0.1, 0.15) is 5.75 Å². The van der Waals surface area contributed by atoms with E-state index in [9.17, 15) is 0 Å². The van der Waals surface area contributed by atoms with E-state index in [1.807, 2.05) is 158 Å². The van der Waals surface area contributed by atoms with E-state index in [-0.39, 0.29) is 23.3 Å². The van der Waals surface area contributed by atoms with Crippen LogP contribution in [0.5, 0.6) is 5.75 Å². The Kier molecular flexibility index (Phi) is 16.6. The Bertz CT molecular complexity index is 3110. The van der Waals surface area contributed by atoms with Gasteiger partial charge in [0.15, 0.2) is 17.5 Å². The van der Waals surface area contributed by atoms with Crippen molar-refractivity contribution < 1.29 is 9.68 Å². The fraction of sp³-hybridized carbons (Fsp3) is 0.0189. The van der Waals surface area contributed by atoms with Crippen molar-refractivity contribution in [3.8, 4) is 84.7 Å². The number of pyridine rings is 2. The molecular weight excluding hydrogens is 898 g/mol. The van der Waals surface area contributed by atoms with Gasteiger partial charge < -0.3 is 9.68 Å². The van der Waals surface area contributed by atoms with Gasteiger partial charge in [-0.3, -0.25) is 9.97 Å². The number of hydrogen-bond acceptors (Lipinski definition) is 10. The lowest BCUT2D eigenvalue weighted by atomic mass is 10.0. The van der Waals surface area contributed by atoms with Crippen molar-refractivity contribution in [3.05, 3.63) is 222 Å². The van der Waals surface area contributed by atoms with E-state index in [0.717, 1.165) is 61.5 Å². The molecule has 4 aromatic heterocycles. The maximum absolute atomic E-state index is 8.45. The molecule has 0 amide bonds. The Labute approximate surface area is 404 Å². The molecule has 0 aliphatic heterocycles. The van der Waals surface area contributed by atoms with E-state index in [0.29, 0.717) is 30.9 Å². The van der Waals surface area contributed by atoms with E-state index >= 15 is 0 Å². The molecule has 67 heavy (non-hydrogen) atoms. The molecule has 6 aromatic carbocycles. The largest absolute Gasteiger partial charge is 0.569 e. The summed E-state index contributed by atoms with van der Waals surface area (Å²) in [6, 6.07) is 63.2. The van der Waals surface area contributed by atoms with Gasteiger partial charge in [-0.15, -0.1) is 0 Å². The zero-order chi connectivity index (χ0) is 45.5. The standard InChI is InChI=1S/C26H17ClN4.C15H9Cl2N3.C11H9BNO2.CH4/c27-26-30-24(20-14-12-19(13-15-20)23-11-4-5-16-28-23)29-25(31-26)22-10-6-9-21(17-22)18-7-2-1-3-8-18;16-14-18-13(19-15(17)20-14)12-8-4-7-11(9-12)10-5-2-1-3-6-10;14-12-15-10-6-4-9(5-7-10)11-3-1-2-8-13-11;/h1-17H;1-9H;1-8,14H;1H4. The van der Waals surface area contributed by atoms with Crippen LogP contribution in [-0.4, -0.2) is 52.6 Å². The average molecular weight is 937 g/mol. The summed E-state index contributed by atoms with van der Waals surface area (Å²) in [5.41, 5.74) is 10.9. The molecule has 4 heterocycles. The quantitative estimate of drug-likeness (QED) is 0.139. The lowest BCUT2D eigenvalue weighted by Crippen LogP contribution is -1.99. The first-order valence-electron chi connectivity index (χ1n) is 20.3. The minimum absolute atomic E-state index is 0. The monoisotopic (exact) mass is 935 g/mol. The summed E-state index contributed by atoms with van der Waals surface area (Å²) in [6.45, 7) is 0. The lowest BCUT2D eigenvalue weighted by molar-refractivity contribution is 0.454. The van der Waals surface area contributed by atoms with E-state index in [4.69, 9.17) is 44.5 Å². The van der Waals surface area contributed by atoms with Gasteiger partial charge in [-0.2, -0.15) is 24.9 Å². The Morgan fingerprint density at radius 2 is 0.716 bits per heavy atom. The molecular formula is C53H39BCl3N8O2. The van der Waals surface area contributed by atoms with Crippen LogP contribution < -0.4 is 4.65 Å². The Hall–Kier alpha value is -7.67. The van der Waals surface area contributed by atoms with Crippen LogP contribution in [0.2, 0.25) is 15.9 Å². The normalized spacial score (nSPS) is 10.3. The first-order chi connectivity index (χ1) is 32.4. The van der Waals surface area contributed by atoms with E-state index in [1.165, 1.54) is 0 Å². The maximum atomic E-state index is 8.45. The zero-order valence-electron chi connectivity index (χ0n) is 34.8. The molecule has 10 rings (SSSR count). The summed E-state index contributed by atoms with van der Waals surface area (Å²) in [5.74, 6) is 2.14. The van der Waals surface area contributed by atoms with Crippen LogP contribution in [0.15, 0.2) is 207 Å². The highest BCUT2D eigenvalue weighted by molar-refractivity contribution is 6.31. The fourth-order valence-electron chi connectivity index (χ4n) is 6.62. The highest BCUT2D eigenvalue weighted by Crippen LogP contribution is 2.29. The molecule has 0 atom stereocenters. The molecule has 327 valence electrons. The molecule has 0 bridgehead atoms. The highest BCUT2D eigenvalue weighted by atomic mass is 35.5. The highest BCUT2D eigenvalue weighted by Gasteiger charge is 2.12. The minimum atomic E-state index is 0. The number of benzene rings is 6. The Morgan fingerprint density at radius 1 is 0.343 bits per heavy atom. The number of nitrogens with zero attached hydrogens (tertiary/aromatic N) is 8. The number of hydrogen-bond donors (Lipinski definition) is 1. The molecule has 14 heteroatoms. The van der Waals surface area contributed by atoms with Crippen molar-refractivity contribution >= 4 is 42.5 Å². The number of aromatic nitrogens is 8. The van der Waals surface area contributed by atoms with Crippen LogP contribution in [0, 0.1) is 0 Å². The zero-order valence-corrected chi connectivity index (χ0v) is 37.0. The van der Waals surface area contributed by atoms with Crippen molar-refractivity contribution in [2.45, 2.75) is 7.43 Å². The summed E-state index contributed by atoms with van der Waals surface area (Å²) in [5, 5.41) is 8.79. The molecule has 0 saturated carbocycles. The molecule has 10 nitrogen and oxygen atoms in total. The second kappa shape index (κ2) is 23.5. The van der Waals surface area contributed by atoms with Crippen LogP contribution in [0.25, 0.3) is 78.9 Å². The minimum Gasteiger partial charge on any atom is -0.537 e. The average Bonchev–Trinajstić information content (AvgIpc) is 3.38. The summed E-state index contributed by atoms with van der Waals surface area (Å²) in [7, 11) is 0.662. The van der Waals surface area contributed by atoms with Crippen molar-refractivity contribution in [2.75, 3.05) is 0 Å². The van der Waals surface area contributed by atoms with Crippen molar-refractivity contribution in [1.29, 1.82) is 0 Å². The maximum Gasteiger partial charge on any atom is 0.569 e. The third kappa shape index (κ3) is 13.0. The van der Waals surface area contributed by atoms with Gasteiger partial charge in [-0.05, 0) is 118 Å². The first kappa shape index (κ1) is 47.3. The summed E-state index contributed by atoms with van der Waals surface area (Å²) in [4.78, 5) is 34.0. The van der Waals surface area contributed by atoms with Gasteiger partial charge in [0.2, 0.25) is 15.9 Å². The molecule has 0 aliphatic carbocycles. The second-order valence-corrected chi connectivity index (χ2v) is 15.1. The molecule has 1 N–H and O–H groups in total. The van der Waals surface area contributed by atoms with Gasteiger partial charge in [-0.1, -0.05) is 141 Å². The molecule has 10 aromatic rings. The lowest BCUT2D eigenvalue weighted by Gasteiger charge is -2.08. The summed E-state index contributed by atoms with van der Waals surface area (Å²) < 4.78 is 4.81. The van der Waals surface area contributed by atoms with Gasteiger partial charge in [0.25, 0.3) is 0 Å². The van der Waals surface area contributed by atoms with E-state index in [1.54, 1.807) is 24.5 Å². The van der Waals surface area contributed by atoms with Crippen molar-refractivity contribution in [3.63, 3.8) is 0 Å². The predicted octanol–water partition coefficient (Wildman–Crippen LogP) is 13.4. The van der Waals surface area contributed by atoms with Crippen molar-refractivity contribution in [1.82, 2.24) is 39.9 Å².